The van der Waals surface area contributed by atoms with E-state index in [2.05, 4.69) is 52.1 Å². The second-order valence-corrected chi connectivity index (χ2v) is 11.9. The highest BCUT2D eigenvalue weighted by atomic mass is 79.9. The van der Waals surface area contributed by atoms with Crippen molar-refractivity contribution in [2.45, 2.75) is 24.7 Å². The van der Waals surface area contributed by atoms with Gasteiger partial charge in [-0.1, -0.05) is 15.9 Å². The number of methoxy groups -OCH3 is 1. The van der Waals surface area contributed by atoms with Gasteiger partial charge in [-0.25, -0.2) is 18.1 Å². The number of nitrogens with zero attached hydrogens (tertiary/aromatic N) is 4. The van der Waals surface area contributed by atoms with Crippen LogP contribution in [-0.4, -0.2) is 61.8 Å². The molecule has 5 rings (SSSR count). The maximum absolute atomic E-state index is 12.7. The minimum Gasteiger partial charge on any atom is -0.497 e. The maximum Gasteiger partial charge on any atom is 0.247 e. The average Bonchev–Trinajstić information content (AvgIpc) is 3.43. The van der Waals surface area contributed by atoms with E-state index in [9.17, 15) is 8.42 Å². The fourth-order valence-electron chi connectivity index (χ4n) is 4.55. The highest BCUT2D eigenvalue weighted by Gasteiger charge is 2.16. The zero-order chi connectivity index (χ0) is 26.7. The van der Waals surface area contributed by atoms with Crippen LogP contribution in [0.3, 0.4) is 0 Å². The Labute approximate surface area is 230 Å². The third-order valence-electron chi connectivity index (χ3n) is 6.57. The molecule has 1 aliphatic heterocycles. The van der Waals surface area contributed by atoms with Gasteiger partial charge in [-0.3, -0.25) is 0 Å². The van der Waals surface area contributed by atoms with Crippen LogP contribution < -0.4 is 14.8 Å². The molecule has 198 valence electrons. The highest BCUT2D eigenvalue weighted by Crippen LogP contribution is 2.34. The van der Waals surface area contributed by atoms with Gasteiger partial charge in [-0.2, -0.15) is 0 Å². The Morgan fingerprint density at radius 3 is 2.53 bits per heavy atom. The summed E-state index contributed by atoms with van der Waals surface area (Å²) < 4.78 is 34.3. The van der Waals surface area contributed by atoms with Crippen molar-refractivity contribution in [2.75, 3.05) is 38.6 Å². The summed E-state index contributed by atoms with van der Waals surface area (Å²) in [5.41, 5.74) is 4.97. The Hall–Kier alpha value is -3.12. The zero-order valence-corrected chi connectivity index (χ0v) is 23.6. The van der Waals surface area contributed by atoms with E-state index in [0.29, 0.717) is 23.7 Å². The molecule has 2 N–H and O–H groups in total. The summed E-state index contributed by atoms with van der Waals surface area (Å²) in [6.45, 7) is 5.18. The van der Waals surface area contributed by atoms with Crippen LogP contribution in [0.5, 0.6) is 5.75 Å². The van der Waals surface area contributed by atoms with Crippen molar-refractivity contribution >= 4 is 48.6 Å². The number of rotatable bonds is 9. The minimum absolute atomic E-state index is 0.217. The smallest absolute Gasteiger partial charge is 0.247 e. The number of hydrogen-bond donors (Lipinski definition) is 2. The summed E-state index contributed by atoms with van der Waals surface area (Å²) in [5, 5.41) is 11.8. The molecule has 1 aromatic heterocycles. The van der Waals surface area contributed by atoms with Crippen molar-refractivity contribution in [2.24, 2.45) is 0 Å². The first-order valence-corrected chi connectivity index (χ1v) is 14.7. The van der Waals surface area contributed by atoms with Gasteiger partial charge in [-0.05, 0) is 104 Å². The molecule has 1 saturated heterocycles. The number of ether oxygens (including phenoxy) is 1. The molecule has 38 heavy (non-hydrogen) atoms. The van der Waals surface area contributed by atoms with Crippen molar-refractivity contribution in [3.63, 3.8) is 0 Å². The number of anilines is 2. The molecule has 0 spiro atoms. The number of sulfonamides is 1. The third-order valence-corrected chi connectivity index (χ3v) is 8.74. The Bertz CT molecular complexity index is 1560. The van der Waals surface area contributed by atoms with Gasteiger partial charge >= 0.3 is 0 Å². The van der Waals surface area contributed by atoms with Crippen molar-refractivity contribution in [1.29, 1.82) is 0 Å². The predicted octanol–water partition coefficient (Wildman–Crippen LogP) is 4.89. The Balaban J connectivity index is 1.30. The lowest BCUT2D eigenvalue weighted by atomic mass is 10.0. The van der Waals surface area contributed by atoms with E-state index < -0.39 is 10.0 Å². The quantitative estimate of drug-likeness (QED) is 0.281. The van der Waals surface area contributed by atoms with Gasteiger partial charge in [0.15, 0.2) is 0 Å². The third kappa shape index (κ3) is 5.96. The largest absolute Gasteiger partial charge is 0.497 e. The van der Waals surface area contributed by atoms with Gasteiger partial charge in [0.25, 0.3) is 0 Å². The Morgan fingerprint density at radius 2 is 1.79 bits per heavy atom. The SMILES string of the molecule is COc1ccc(Br)c(-c2cc(C)c3nc(Nc4ccc(S(=O)(=O)NCCN5CCCC5)cc4)nnc3c2)c1. The number of likely N-dealkylation sites (tertiary alicyclic amines) is 1. The van der Waals surface area contributed by atoms with E-state index in [0.717, 1.165) is 52.1 Å². The molecule has 2 heterocycles. The normalized spacial score (nSPS) is 14.2. The van der Waals surface area contributed by atoms with Crippen LogP contribution in [0.1, 0.15) is 18.4 Å². The highest BCUT2D eigenvalue weighted by molar-refractivity contribution is 9.10. The van der Waals surface area contributed by atoms with Crippen LogP contribution in [-0.2, 0) is 10.0 Å². The number of nitrogens with one attached hydrogen (secondary N) is 2. The monoisotopic (exact) mass is 596 g/mol. The van der Waals surface area contributed by atoms with E-state index in [1.807, 2.05) is 31.2 Å². The summed E-state index contributed by atoms with van der Waals surface area (Å²) >= 11 is 3.62. The van der Waals surface area contributed by atoms with E-state index >= 15 is 0 Å². The van der Waals surface area contributed by atoms with Gasteiger partial charge in [0.2, 0.25) is 16.0 Å². The summed E-state index contributed by atoms with van der Waals surface area (Å²) in [6, 6.07) is 16.3. The Morgan fingerprint density at radius 1 is 1.03 bits per heavy atom. The van der Waals surface area contributed by atoms with E-state index in [1.165, 1.54) is 12.8 Å². The fourth-order valence-corrected chi connectivity index (χ4v) is 6.04. The molecule has 3 aromatic carbocycles. The maximum atomic E-state index is 12.7. The van der Waals surface area contributed by atoms with Crippen LogP contribution in [0.15, 0.2) is 64.0 Å². The molecule has 0 amide bonds. The lowest BCUT2D eigenvalue weighted by Gasteiger charge is -2.15. The molecule has 11 heteroatoms. The van der Waals surface area contributed by atoms with E-state index in [4.69, 9.17) is 4.74 Å². The fraction of sp³-hybridized carbons (Fsp3) is 0.296. The summed E-state index contributed by atoms with van der Waals surface area (Å²) in [4.78, 5) is 7.14. The Kier molecular flexibility index (Phi) is 7.89. The number of benzene rings is 3. The van der Waals surface area contributed by atoms with Gasteiger partial charge in [-0.15, -0.1) is 10.2 Å². The summed E-state index contributed by atoms with van der Waals surface area (Å²) in [6.07, 6.45) is 2.36. The van der Waals surface area contributed by atoms with Crippen molar-refractivity contribution in [1.82, 2.24) is 24.8 Å². The molecule has 0 unspecified atom stereocenters. The molecular formula is C27H29BrN6O3S. The first-order valence-electron chi connectivity index (χ1n) is 12.4. The second kappa shape index (κ2) is 11.3. The first kappa shape index (κ1) is 26.5. The van der Waals surface area contributed by atoms with Crippen LogP contribution in [0.2, 0.25) is 0 Å². The lowest BCUT2D eigenvalue weighted by molar-refractivity contribution is 0.344. The second-order valence-electron chi connectivity index (χ2n) is 9.24. The number of fused-ring (bicyclic) bond motifs is 1. The predicted molar refractivity (Wildman–Crippen MR) is 152 cm³/mol. The van der Waals surface area contributed by atoms with E-state index in [1.54, 1.807) is 31.4 Å². The molecule has 1 fully saturated rings. The first-order chi connectivity index (χ1) is 18.3. The van der Waals surface area contributed by atoms with Crippen LogP contribution in [0, 0.1) is 6.92 Å². The minimum atomic E-state index is -3.57. The van der Waals surface area contributed by atoms with Crippen LogP contribution in [0.25, 0.3) is 22.2 Å². The van der Waals surface area contributed by atoms with Crippen molar-refractivity contribution in [3.05, 3.63) is 64.6 Å². The van der Waals surface area contributed by atoms with Gasteiger partial charge in [0, 0.05) is 23.2 Å². The van der Waals surface area contributed by atoms with Crippen LogP contribution >= 0.6 is 15.9 Å². The van der Waals surface area contributed by atoms with Gasteiger partial charge in [0.05, 0.1) is 17.5 Å². The average molecular weight is 598 g/mol. The summed E-state index contributed by atoms with van der Waals surface area (Å²) in [7, 11) is -1.93. The van der Waals surface area contributed by atoms with Crippen LogP contribution in [0.4, 0.5) is 11.6 Å². The number of hydrogen-bond acceptors (Lipinski definition) is 8. The molecule has 0 bridgehead atoms. The summed E-state index contributed by atoms with van der Waals surface area (Å²) in [5.74, 6) is 1.09. The topological polar surface area (TPSA) is 109 Å². The number of aromatic nitrogens is 3. The molecule has 0 aliphatic carbocycles. The molecule has 1 aliphatic rings. The molecular weight excluding hydrogens is 568 g/mol. The zero-order valence-electron chi connectivity index (χ0n) is 21.2. The number of halogens is 1. The van der Waals surface area contributed by atoms with Gasteiger partial charge in [0.1, 0.15) is 11.3 Å². The van der Waals surface area contributed by atoms with Gasteiger partial charge < -0.3 is 15.0 Å². The van der Waals surface area contributed by atoms with Crippen molar-refractivity contribution < 1.29 is 13.2 Å². The molecule has 0 radical (unpaired) electrons. The standard InChI is InChI=1S/C27H29BrN6O3S/c1-18-15-19(23-17-21(37-2)7-10-24(23)28)16-25-26(18)31-27(33-32-25)30-20-5-8-22(9-6-20)38(35,36)29-11-14-34-12-3-4-13-34/h5-10,15-17,29H,3-4,11-14H2,1-2H3,(H,30,31,33). The molecule has 0 atom stereocenters. The molecule has 9 nitrogen and oxygen atoms in total. The molecule has 4 aromatic rings. The number of aryl methyl sites for hydroxylation is 1. The van der Waals surface area contributed by atoms with Crippen molar-refractivity contribution in [3.8, 4) is 16.9 Å². The molecule has 0 saturated carbocycles. The lowest BCUT2D eigenvalue weighted by Crippen LogP contribution is -2.33. The van der Waals surface area contributed by atoms with E-state index in [-0.39, 0.29) is 4.90 Å².